The van der Waals surface area contributed by atoms with E-state index in [1.165, 1.54) is 23.5 Å². The van der Waals surface area contributed by atoms with Crippen molar-refractivity contribution in [2.24, 2.45) is 0 Å². The molecule has 2 amide bonds. The van der Waals surface area contributed by atoms with E-state index in [1.807, 2.05) is 35.2 Å². The van der Waals surface area contributed by atoms with Crippen LogP contribution in [-0.2, 0) is 19.3 Å². The van der Waals surface area contributed by atoms with E-state index >= 15 is 0 Å². The number of ether oxygens (including phenoxy) is 1. The van der Waals surface area contributed by atoms with Gasteiger partial charge in [0.1, 0.15) is 11.6 Å². The van der Waals surface area contributed by atoms with E-state index in [4.69, 9.17) is 14.1 Å². The summed E-state index contributed by atoms with van der Waals surface area (Å²) in [5.41, 5.74) is 6.47. The van der Waals surface area contributed by atoms with Gasteiger partial charge < -0.3 is 19.4 Å². The van der Waals surface area contributed by atoms with Crippen molar-refractivity contribution < 1.29 is 23.1 Å². The monoisotopic (exact) mass is 649 g/mol. The molecule has 3 aliphatic rings. The maximum Gasteiger partial charge on any atom is 0.261 e. The zero-order valence-corrected chi connectivity index (χ0v) is 26.8. The molecule has 0 saturated carbocycles. The van der Waals surface area contributed by atoms with E-state index in [2.05, 4.69) is 15.5 Å². The number of nitrogens with one attached hydrogen (secondary N) is 1. The van der Waals surface area contributed by atoms with Gasteiger partial charge in [-0.15, -0.1) is 21.5 Å². The molecule has 0 unspecified atom stereocenters. The van der Waals surface area contributed by atoms with Gasteiger partial charge in [0.25, 0.3) is 11.8 Å². The van der Waals surface area contributed by atoms with E-state index in [-0.39, 0.29) is 35.6 Å². The molecule has 2 aliphatic heterocycles. The number of amides is 2. The summed E-state index contributed by atoms with van der Waals surface area (Å²) in [6.07, 6.45) is 4.49. The lowest BCUT2D eigenvalue weighted by Gasteiger charge is -2.16. The number of thiophene rings is 1. The molecular formula is C36H32FN5O4S. The van der Waals surface area contributed by atoms with Crippen LogP contribution in [0.1, 0.15) is 85.3 Å². The largest absolute Gasteiger partial charge is 0.496 e. The van der Waals surface area contributed by atoms with Crippen LogP contribution in [0.15, 0.2) is 59.0 Å². The van der Waals surface area contributed by atoms with E-state index in [0.29, 0.717) is 46.8 Å². The van der Waals surface area contributed by atoms with Crippen molar-refractivity contribution >= 4 is 23.2 Å². The lowest BCUT2D eigenvalue weighted by molar-refractivity contribution is 0.0776. The number of nitrogens with zero attached hydrogens (tertiary/aromatic N) is 4. The van der Waals surface area contributed by atoms with Gasteiger partial charge in [0, 0.05) is 23.9 Å². The molecule has 238 valence electrons. The average molecular weight is 650 g/mol. The number of halogens is 1. The number of aryl methyl sites for hydroxylation is 3. The Morgan fingerprint density at radius 3 is 2.70 bits per heavy atom. The van der Waals surface area contributed by atoms with Crippen LogP contribution in [0, 0.1) is 12.7 Å². The van der Waals surface area contributed by atoms with E-state index < -0.39 is 0 Å². The lowest BCUT2D eigenvalue weighted by Crippen LogP contribution is -2.26. The van der Waals surface area contributed by atoms with Crippen LogP contribution in [0.5, 0.6) is 5.75 Å². The summed E-state index contributed by atoms with van der Waals surface area (Å²) in [7, 11) is 1.66. The van der Waals surface area contributed by atoms with Gasteiger partial charge in [0.15, 0.2) is 0 Å². The van der Waals surface area contributed by atoms with Gasteiger partial charge >= 0.3 is 0 Å². The fraction of sp³-hybridized carbons (Fsp3) is 0.306. The molecule has 1 fully saturated rings. The molecule has 0 spiro atoms. The molecule has 2 aromatic carbocycles. The zero-order valence-electron chi connectivity index (χ0n) is 26.0. The van der Waals surface area contributed by atoms with Crippen LogP contribution in [-0.4, -0.2) is 45.6 Å². The third kappa shape index (κ3) is 5.09. The average Bonchev–Trinajstić information content (AvgIpc) is 3.92. The van der Waals surface area contributed by atoms with Crippen molar-refractivity contribution in [1.82, 2.24) is 25.4 Å². The first-order chi connectivity index (χ1) is 22.9. The maximum absolute atomic E-state index is 14.0. The van der Waals surface area contributed by atoms with Gasteiger partial charge in [-0.1, -0.05) is 24.3 Å². The van der Waals surface area contributed by atoms with Gasteiger partial charge in [-0.3, -0.25) is 14.6 Å². The SMILES string of the molecule is COc1cccc2c1CC[C@H]2NC(=O)c1ccc(-c2c3c(nc(CCc4ccc(F)cc4)c2-c2nnc(C)o2)[C@H]2CCCN2C3=O)s1. The number of fused-ring (bicyclic) bond motifs is 4. The van der Waals surface area contributed by atoms with Crippen molar-refractivity contribution in [2.75, 3.05) is 13.7 Å². The summed E-state index contributed by atoms with van der Waals surface area (Å²) < 4.78 is 25.2. The Hall–Kier alpha value is -4.90. The van der Waals surface area contributed by atoms with E-state index in [1.54, 1.807) is 26.2 Å². The predicted octanol–water partition coefficient (Wildman–Crippen LogP) is 6.81. The number of rotatable bonds is 8. The van der Waals surface area contributed by atoms with Crippen LogP contribution in [0.3, 0.4) is 0 Å². The number of hydrogen-bond acceptors (Lipinski definition) is 8. The molecule has 2 atom stereocenters. The van der Waals surface area contributed by atoms with Crippen molar-refractivity contribution in [1.29, 1.82) is 0 Å². The predicted molar refractivity (Wildman–Crippen MR) is 174 cm³/mol. The van der Waals surface area contributed by atoms with Gasteiger partial charge in [0.05, 0.1) is 46.6 Å². The Morgan fingerprint density at radius 2 is 1.91 bits per heavy atom. The second-order valence-electron chi connectivity index (χ2n) is 12.2. The van der Waals surface area contributed by atoms with Crippen molar-refractivity contribution in [3.05, 3.63) is 105 Å². The molecule has 47 heavy (non-hydrogen) atoms. The maximum atomic E-state index is 14.0. The number of benzene rings is 2. The highest BCUT2D eigenvalue weighted by Crippen LogP contribution is 2.49. The number of pyridine rings is 1. The minimum absolute atomic E-state index is 0.0662. The summed E-state index contributed by atoms with van der Waals surface area (Å²) in [6, 6.07) is 15.9. The van der Waals surface area contributed by atoms with Gasteiger partial charge in [-0.25, -0.2) is 4.39 Å². The molecule has 8 rings (SSSR count). The molecule has 0 bridgehead atoms. The minimum atomic E-state index is -0.289. The summed E-state index contributed by atoms with van der Waals surface area (Å²) in [5.74, 6) is 0.978. The van der Waals surface area contributed by atoms with Crippen molar-refractivity contribution in [3.8, 4) is 27.6 Å². The molecule has 0 radical (unpaired) electrons. The highest BCUT2D eigenvalue weighted by atomic mass is 32.1. The molecule has 1 N–H and O–H groups in total. The standard InChI is InChI=1S/C36H32FN5O4S/c1-19-40-41-35(46-19)30-25(14-10-20-8-11-21(37)12-9-20)38-33-26-6-4-18-42(26)36(44)32(33)31(30)28-16-17-29(47-28)34(43)39-24-15-13-23-22(24)5-3-7-27(23)45-2/h3,5,7-9,11-12,16-17,24,26H,4,6,10,13-15,18H2,1-2H3,(H,39,43)/t24-,26-/m1/s1. The molecule has 1 saturated heterocycles. The number of methoxy groups -OCH3 is 1. The Kier molecular flexibility index (Phi) is 7.35. The van der Waals surface area contributed by atoms with Gasteiger partial charge in [0.2, 0.25) is 11.8 Å². The lowest BCUT2D eigenvalue weighted by atomic mass is 9.93. The molecule has 5 heterocycles. The Morgan fingerprint density at radius 1 is 1.06 bits per heavy atom. The van der Waals surface area contributed by atoms with Gasteiger partial charge in [-0.2, -0.15) is 0 Å². The van der Waals surface area contributed by atoms with Crippen molar-refractivity contribution in [3.63, 3.8) is 0 Å². The molecule has 5 aromatic rings. The molecule has 11 heteroatoms. The van der Waals surface area contributed by atoms with Crippen LogP contribution in [0.25, 0.3) is 21.9 Å². The fourth-order valence-corrected chi connectivity index (χ4v) is 8.27. The second-order valence-corrected chi connectivity index (χ2v) is 13.3. The highest BCUT2D eigenvalue weighted by molar-refractivity contribution is 7.17. The molecule has 3 aromatic heterocycles. The third-order valence-electron chi connectivity index (χ3n) is 9.48. The molecule has 9 nitrogen and oxygen atoms in total. The summed E-state index contributed by atoms with van der Waals surface area (Å²) in [4.78, 5) is 36.1. The first-order valence-corrected chi connectivity index (χ1v) is 16.7. The fourth-order valence-electron chi connectivity index (χ4n) is 7.30. The smallest absolute Gasteiger partial charge is 0.261 e. The Bertz CT molecular complexity index is 2040. The quantitative estimate of drug-likeness (QED) is 0.197. The summed E-state index contributed by atoms with van der Waals surface area (Å²) in [5, 5.41) is 11.7. The number of hydrogen-bond donors (Lipinski definition) is 1. The van der Waals surface area contributed by atoms with E-state index in [0.717, 1.165) is 64.4 Å². The number of carbonyl (C=O) groups is 2. The normalized spacial score (nSPS) is 17.9. The van der Waals surface area contributed by atoms with Crippen LogP contribution >= 0.6 is 11.3 Å². The van der Waals surface area contributed by atoms with Crippen molar-refractivity contribution in [2.45, 2.75) is 57.5 Å². The second kappa shape index (κ2) is 11.7. The topological polar surface area (TPSA) is 110 Å². The Balaban J connectivity index is 1.21. The van der Waals surface area contributed by atoms with E-state index in [9.17, 15) is 14.0 Å². The van der Waals surface area contributed by atoms with Gasteiger partial charge in [-0.05, 0) is 85.5 Å². The first-order valence-electron chi connectivity index (χ1n) is 15.9. The number of aromatic nitrogens is 3. The first kappa shape index (κ1) is 29.5. The molecular weight excluding hydrogens is 617 g/mol. The highest BCUT2D eigenvalue weighted by Gasteiger charge is 2.45. The third-order valence-corrected chi connectivity index (χ3v) is 10.6. The zero-order chi connectivity index (χ0) is 32.2. The number of carbonyl (C=O) groups excluding carboxylic acids is 2. The van der Waals surface area contributed by atoms with Crippen LogP contribution < -0.4 is 10.1 Å². The molecule has 1 aliphatic carbocycles. The summed E-state index contributed by atoms with van der Waals surface area (Å²) in [6.45, 7) is 2.39. The van der Waals surface area contributed by atoms with Crippen LogP contribution in [0.4, 0.5) is 4.39 Å². The Labute approximate surface area is 274 Å². The minimum Gasteiger partial charge on any atom is -0.496 e. The van der Waals surface area contributed by atoms with Crippen LogP contribution in [0.2, 0.25) is 0 Å². The summed E-state index contributed by atoms with van der Waals surface area (Å²) >= 11 is 1.34.